The number of rotatable bonds is 61. The lowest BCUT2D eigenvalue weighted by Gasteiger charge is -2.21. The summed E-state index contributed by atoms with van der Waals surface area (Å²) in [6.45, 7) is 4.58. The molecular weight excluding hydrogens is 1000 g/mol. The Hall–Kier alpha value is -2.56. The van der Waals surface area contributed by atoms with Crippen LogP contribution in [0.4, 0.5) is 0 Å². The maximum absolute atomic E-state index is 13.0. The third kappa shape index (κ3) is 58.1. The summed E-state index contributed by atoms with van der Waals surface area (Å²) in [5.74, 6) is -1.46. The number of carbonyl (C=O) groups is 3. The topological polar surface area (TPSA) is 155 Å². The SMILES string of the molecule is CC/C=C\C/C=C\C/C=C\CCCCCCCCCC(=O)OC(COC(=O)CCCCCCCCCCCCCCCCCCCCC)COP(=O)(O)OCC(CO)OC(=O)CCCCCCC/C=C\CCCCCCCC. The Morgan fingerprint density at radius 3 is 1.04 bits per heavy atom. The first-order valence-corrected chi connectivity index (χ1v) is 34.0. The fourth-order valence-corrected chi connectivity index (χ4v) is 10.1. The standard InChI is InChI=1S/C66H121O11P/c1-4-7-10-13-16-19-22-25-28-30-31-33-35-37-40-43-46-49-52-55-64(68)73-59-63(77-66(70)57-54-51-48-45-42-39-36-32-29-26-23-20-17-14-11-8-5-2)61-75-78(71,72)74-60-62(58-67)76-65(69)56-53-50-47-44-41-38-34-27-24-21-18-15-12-9-6-3/h8,11,17,20,26-27,29,34,62-63,67H,4-7,9-10,12-16,18-19,21-25,28,30-33,35-61H2,1-3H3,(H,71,72)/b11-8-,20-17-,29-26-,34-27-. The molecule has 78 heavy (non-hydrogen) atoms. The maximum Gasteiger partial charge on any atom is 0.472 e. The molecule has 11 nitrogen and oxygen atoms in total. The third-order valence-electron chi connectivity index (χ3n) is 14.2. The number of hydrogen-bond donors (Lipinski definition) is 2. The zero-order valence-corrected chi connectivity index (χ0v) is 51.5. The van der Waals surface area contributed by atoms with Crippen molar-refractivity contribution in [2.24, 2.45) is 0 Å². The molecule has 0 aromatic rings. The van der Waals surface area contributed by atoms with Crippen molar-refractivity contribution >= 4 is 25.7 Å². The summed E-state index contributed by atoms with van der Waals surface area (Å²) in [6, 6.07) is 0. The molecule has 0 bridgehead atoms. The van der Waals surface area contributed by atoms with E-state index < -0.39 is 57.8 Å². The zero-order chi connectivity index (χ0) is 56.9. The second-order valence-corrected chi connectivity index (χ2v) is 23.4. The first-order chi connectivity index (χ1) is 38.2. The molecule has 0 heterocycles. The van der Waals surface area contributed by atoms with Crippen LogP contribution in [0.15, 0.2) is 48.6 Å². The average Bonchev–Trinajstić information content (AvgIpc) is 3.43. The lowest BCUT2D eigenvalue weighted by atomic mass is 10.0. The van der Waals surface area contributed by atoms with Crippen LogP contribution < -0.4 is 0 Å². The highest BCUT2D eigenvalue weighted by molar-refractivity contribution is 7.47. The van der Waals surface area contributed by atoms with Gasteiger partial charge in [0.2, 0.25) is 0 Å². The summed E-state index contributed by atoms with van der Waals surface area (Å²) in [4.78, 5) is 48.7. The van der Waals surface area contributed by atoms with Gasteiger partial charge in [-0.3, -0.25) is 23.4 Å². The van der Waals surface area contributed by atoms with Crippen LogP contribution in [0.5, 0.6) is 0 Å². The number of phosphoric acid groups is 1. The van der Waals surface area contributed by atoms with E-state index in [1.54, 1.807) is 0 Å². The largest absolute Gasteiger partial charge is 0.472 e. The van der Waals surface area contributed by atoms with Gasteiger partial charge in [0.05, 0.1) is 19.8 Å². The van der Waals surface area contributed by atoms with Crippen LogP contribution in [0.3, 0.4) is 0 Å². The molecule has 0 amide bonds. The minimum Gasteiger partial charge on any atom is -0.462 e. The number of hydrogen-bond acceptors (Lipinski definition) is 10. The lowest BCUT2D eigenvalue weighted by molar-refractivity contribution is -0.161. The molecule has 456 valence electrons. The first-order valence-electron chi connectivity index (χ1n) is 32.5. The van der Waals surface area contributed by atoms with E-state index in [2.05, 4.69) is 69.4 Å². The normalized spacial score (nSPS) is 13.6. The Balaban J connectivity index is 4.68. The predicted molar refractivity (Wildman–Crippen MR) is 325 cm³/mol. The Kier molecular flexibility index (Phi) is 58.5. The van der Waals surface area contributed by atoms with Crippen LogP contribution in [-0.2, 0) is 42.2 Å². The highest BCUT2D eigenvalue weighted by atomic mass is 31.2. The van der Waals surface area contributed by atoms with E-state index in [1.165, 1.54) is 148 Å². The fraction of sp³-hybridized carbons (Fsp3) is 0.833. The van der Waals surface area contributed by atoms with Crippen LogP contribution in [0, 0.1) is 0 Å². The average molecular weight is 1120 g/mol. The van der Waals surface area contributed by atoms with Gasteiger partial charge in [0.25, 0.3) is 0 Å². The molecule has 0 fully saturated rings. The van der Waals surface area contributed by atoms with Crippen LogP contribution >= 0.6 is 7.82 Å². The van der Waals surface area contributed by atoms with Crippen molar-refractivity contribution in [3.63, 3.8) is 0 Å². The van der Waals surface area contributed by atoms with Crippen molar-refractivity contribution in [1.82, 2.24) is 0 Å². The molecule has 0 aliphatic carbocycles. The van der Waals surface area contributed by atoms with Crippen LogP contribution in [-0.4, -0.2) is 66.5 Å². The second kappa shape index (κ2) is 60.5. The molecule has 0 aromatic heterocycles. The van der Waals surface area contributed by atoms with Crippen molar-refractivity contribution in [2.75, 3.05) is 26.4 Å². The Morgan fingerprint density at radius 1 is 0.372 bits per heavy atom. The minimum atomic E-state index is -4.75. The smallest absolute Gasteiger partial charge is 0.462 e. The van der Waals surface area contributed by atoms with E-state index in [-0.39, 0.29) is 25.9 Å². The summed E-state index contributed by atoms with van der Waals surface area (Å²) >= 11 is 0. The van der Waals surface area contributed by atoms with Gasteiger partial charge in [-0.1, -0.05) is 268 Å². The molecule has 3 atom stereocenters. The van der Waals surface area contributed by atoms with Crippen LogP contribution in [0.2, 0.25) is 0 Å². The minimum absolute atomic E-state index is 0.158. The number of aliphatic hydroxyl groups is 1. The Labute approximate surface area is 479 Å². The molecular formula is C66H121O11P. The lowest BCUT2D eigenvalue weighted by Crippen LogP contribution is -2.30. The molecule has 0 spiro atoms. The molecule has 0 saturated heterocycles. The molecule has 2 N–H and O–H groups in total. The van der Waals surface area contributed by atoms with Crippen molar-refractivity contribution in [3.05, 3.63) is 48.6 Å². The molecule has 0 aliphatic heterocycles. The number of unbranched alkanes of at least 4 members (excludes halogenated alkanes) is 36. The molecule has 12 heteroatoms. The van der Waals surface area contributed by atoms with Crippen LogP contribution in [0.1, 0.15) is 316 Å². The fourth-order valence-electron chi connectivity index (χ4n) is 9.31. The quantitative estimate of drug-likeness (QED) is 0.0197. The summed E-state index contributed by atoms with van der Waals surface area (Å²) in [5, 5.41) is 9.85. The van der Waals surface area contributed by atoms with Crippen molar-refractivity contribution < 1.29 is 52.2 Å². The predicted octanol–water partition coefficient (Wildman–Crippen LogP) is 19.7. The van der Waals surface area contributed by atoms with E-state index in [0.717, 1.165) is 109 Å². The number of allylic oxidation sites excluding steroid dienone is 8. The van der Waals surface area contributed by atoms with E-state index in [4.69, 9.17) is 23.3 Å². The van der Waals surface area contributed by atoms with Gasteiger partial charge in [-0.15, -0.1) is 0 Å². The van der Waals surface area contributed by atoms with E-state index in [9.17, 15) is 28.9 Å². The van der Waals surface area contributed by atoms with Gasteiger partial charge in [-0.2, -0.15) is 0 Å². The second-order valence-electron chi connectivity index (χ2n) is 21.9. The summed E-state index contributed by atoms with van der Waals surface area (Å²) in [7, 11) is -4.75. The van der Waals surface area contributed by atoms with Gasteiger partial charge < -0.3 is 24.2 Å². The number of esters is 3. The number of phosphoric ester groups is 1. The molecule has 0 aliphatic rings. The number of ether oxygens (including phenoxy) is 3. The number of aliphatic hydroxyl groups excluding tert-OH is 1. The molecule has 3 unspecified atom stereocenters. The van der Waals surface area contributed by atoms with Gasteiger partial charge in [0.15, 0.2) is 6.10 Å². The summed E-state index contributed by atoms with van der Waals surface area (Å²) in [6.07, 6.45) is 66.3. The monoisotopic (exact) mass is 1120 g/mol. The van der Waals surface area contributed by atoms with Gasteiger partial charge in [-0.05, 0) is 77.0 Å². The van der Waals surface area contributed by atoms with E-state index in [1.807, 2.05) is 0 Å². The van der Waals surface area contributed by atoms with Crippen molar-refractivity contribution in [1.29, 1.82) is 0 Å². The van der Waals surface area contributed by atoms with E-state index in [0.29, 0.717) is 19.3 Å². The van der Waals surface area contributed by atoms with Crippen molar-refractivity contribution in [3.8, 4) is 0 Å². The molecule has 0 rings (SSSR count). The van der Waals surface area contributed by atoms with E-state index >= 15 is 0 Å². The summed E-state index contributed by atoms with van der Waals surface area (Å²) in [5.41, 5.74) is 0. The van der Waals surface area contributed by atoms with Gasteiger partial charge in [-0.25, -0.2) is 4.57 Å². The third-order valence-corrected chi connectivity index (χ3v) is 15.2. The van der Waals surface area contributed by atoms with Gasteiger partial charge >= 0.3 is 25.7 Å². The highest BCUT2D eigenvalue weighted by Crippen LogP contribution is 2.43. The maximum atomic E-state index is 13.0. The highest BCUT2D eigenvalue weighted by Gasteiger charge is 2.28. The molecule has 0 radical (unpaired) electrons. The van der Waals surface area contributed by atoms with Gasteiger partial charge in [0, 0.05) is 19.3 Å². The first kappa shape index (κ1) is 75.4. The Morgan fingerprint density at radius 2 is 0.667 bits per heavy atom. The summed E-state index contributed by atoms with van der Waals surface area (Å²) < 4.78 is 39.7. The molecule has 0 aromatic carbocycles. The van der Waals surface area contributed by atoms with Crippen molar-refractivity contribution in [2.45, 2.75) is 328 Å². The zero-order valence-electron chi connectivity index (χ0n) is 50.6. The van der Waals surface area contributed by atoms with Crippen LogP contribution in [0.25, 0.3) is 0 Å². The number of carbonyl (C=O) groups excluding carboxylic acids is 3. The Bertz CT molecular complexity index is 1490. The van der Waals surface area contributed by atoms with Gasteiger partial charge in [0.1, 0.15) is 12.7 Å². The molecule has 0 saturated carbocycles.